The number of hydrogen-bond donors (Lipinski definition) is 1. The summed E-state index contributed by atoms with van der Waals surface area (Å²) in [5.41, 5.74) is -1.04. The number of halogens is 7. The molecule has 2 aromatic heterocycles. The lowest BCUT2D eigenvalue weighted by Gasteiger charge is -2.26. The molecule has 1 aliphatic heterocycles. The van der Waals surface area contributed by atoms with Gasteiger partial charge >= 0.3 is 6.18 Å². The second-order valence-electron chi connectivity index (χ2n) is 8.87. The average Bonchev–Trinajstić information content (AvgIpc) is 3.21. The summed E-state index contributed by atoms with van der Waals surface area (Å²) in [7, 11) is -4.41. The summed E-state index contributed by atoms with van der Waals surface area (Å²) in [4.78, 5) is 22.8. The van der Waals surface area contributed by atoms with Crippen molar-refractivity contribution < 1.29 is 43.9 Å². The van der Waals surface area contributed by atoms with Gasteiger partial charge < -0.3 is 5.32 Å². The van der Waals surface area contributed by atoms with E-state index in [-0.39, 0.29) is 21.7 Å². The molecule has 16 heteroatoms. The molecule has 4 rings (SSSR count). The third-order valence-electron chi connectivity index (χ3n) is 6.26. The Morgan fingerprint density at radius 1 is 1.10 bits per heavy atom. The number of alkyl halides is 6. The lowest BCUT2D eigenvalue weighted by atomic mass is 10.0. The number of pyridine rings is 1. The van der Waals surface area contributed by atoms with Crippen molar-refractivity contribution in [2.24, 2.45) is 0 Å². The number of benzene rings is 1. The molecule has 3 unspecified atom stereocenters. The van der Waals surface area contributed by atoms with E-state index < -0.39 is 77.0 Å². The number of sulfonamides is 1. The van der Waals surface area contributed by atoms with Gasteiger partial charge in [0.25, 0.3) is 6.43 Å². The molecule has 1 aromatic carbocycles. The predicted molar refractivity (Wildman–Crippen MR) is 125 cm³/mol. The fraction of sp³-hybridized carbons (Fsp3) is 0.333. The quantitative estimate of drug-likeness (QED) is 0.408. The van der Waals surface area contributed by atoms with Gasteiger partial charge in [-0.2, -0.15) is 17.5 Å². The minimum atomic E-state index is -4.84. The van der Waals surface area contributed by atoms with Gasteiger partial charge in [0.1, 0.15) is 18.0 Å². The molecule has 1 N–H and O–H groups in total. The van der Waals surface area contributed by atoms with Crippen molar-refractivity contribution in [3.8, 4) is 11.1 Å². The summed E-state index contributed by atoms with van der Waals surface area (Å²) in [5.74, 6) is -3.07. The molecular weight excluding hydrogens is 571 g/mol. The Kier molecular flexibility index (Phi) is 8.12. The summed E-state index contributed by atoms with van der Waals surface area (Å²) in [6.07, 6.45) is -7.84. The average molecular weight is 592 g/mol. The number of carbonyl (C=O) groups is 1. The first-order valence-electron chi connectivity index (χ1n) is 11.6. The van der Waals surface area contributed by atoms with Crippen LogP contribution in [0.4, 0.5) is 30.7 Å². The summed E-state index contributed by atoms with van der Waals surface area (Å²) < 4.78 is 120. The van der Waals surface area contributed by atoms with Crippen LogP contribution < -0.4 is 5.32 Å². The predicted octanol–water partition coefficient (Wildman–Crippen LogP) is 4.44. The van der Waals surface area contributed by atoms with Crippen LogP contribution in [0.2, 0.25) is 0 Å². The zero-order chi connectivity index (χ0) is 29.4. The summed E-state index contributed by atoms with van der Waals surface area (Å²) in [5, 5.41) is 2.40. The molecule has 0 saturated carbocycles. The number of carbonyl (C=O) groups excluding carboxylic acids is 1. The Morgan fingerprint density at radius 2 is 1.73 bits per heavy atom. The van der Waals surface area contributed by atoms with Crippen LogP contribution in [-0.4, -0.2) is 51.8 Å². The van der Waals surface area contributed by atoms with E-state index in [1.54, 1.807) is 0 Å². The van der Waals surface area contributed by atoms with Crippen LogP contribution in [0.3, 0.4) is 0 Å². The van der Waals surface area contributed by atoms with Gasteiger partial charge in [-0.05, 0) is 42.8 Å². The van der Waals surface area contributed by atoms with E-state index in [2.05, 4.69) is 20.3 Å². The van der Waals surface area contributed by atoms with Crippen LogP contribution in [0, 0.1) is 5.82 Å². The Balaban J connectivity index is 1.57. The Labute approximate surface area is 223 Å². The molecule has 1 aliphatic rings. The number of nitrogens with one attached hydrogen (secondary N) is 1. The Hall–Kier alpha value is -3.66. The van der Waals surface area contributed by atoms with Gasteiger partial charge in [-0.1, -0.05) is 0 Å². The molecule has 3 aromatic rings. The standard InChI is InChI=1S/C24H20F7N5O3S/c1-12-19(26)7-20(36(12)40(38,39)16-4-2-14(25)3-5-16)22(37)33-10-15-6-17(18(11-32-15)21(27)28)13-8-34-23(35-9-13)24(29,30)31/h2-6,8-9,11-12,19-21H,7,10H2,1H3,(H,33,37). The highest BCUT2D eigenvalue weighted by Gasteiger charge is 2.49. The van der Waals surface area contributed by atoms with Gasteiger partial charge in [-0.25, -0.2) is 35.9 Å². The van der Waals surface area contributed by atoms with Crippen LogP contribution >= 0.6 is 0 Å². The van der Waals surface area contributed by atoms with Crippen molar-refractivity contribution in [1.82, 2.24) is 24.6 Å². The van der Waals surface area contributed by atoms with Crippen molar-refractivity contribution >= 4 is 15.9 Å². The van der Waals surface area contributed by atoms with Crippen molar-refractivity contribution in [3.63, 3.8) is 0 Å². The summed E-state index contributed by atoms with van der Waals surface area (Å²) in [6.45, 7) is 0.866. The Morgan fingerprint density at radius 3 is 2.30 bits per heavy atom. The maximum atomic E-state index is 14.6. The first kappa shape index (κ1) is 29.3. The molecular formula is C24H20F7N5O3S. The van der Waals surface area contributed by atoms with Crippen molar-refractivity contribution in [3.05, 3.63) is 71.8 Å². The first-order valence-corrected chi connectivity index (χ1v) is 13.0. The zero-order valence-corrected chi connectivity index (χ0v) is 21.2. The van der Waals surface area contributed by atoms with Gasteiger partial charge in [0.2, 0.25) is 21.8 Å². The van der Waals surface area contributed by atoms with Gasteiger partial charge in [0, 0.05) is 36.1 Å². The number of rotatable bonds is 7. The van der Waals surface area contributed by atoms with Crippen LogP contribution in [-0.2, 0) is 27.5 Å². The molecule has 40 heavy (non-hydrogen) atoms. The zero-order valence-electron chi connectivity index (χ0n) is 20.4. The molecule has 0 spiro atoms. The smallest absolute Gasteiger partial charge is 0.349 e. The topological polar surface area (TPSA) is 105 Å². The van der Waals surface area contributed by atoms with Gasteiger partial charge in [-0.15, -0.1) is 0 Å². The Bertz CT molecular complexity index is 1490. The maximum Gasteiger partial charge on any atom is 0.451 e. The number of amides is 1. The van der Waals surface area contributed by atoms with E-state index in [0.717, 1.165) is 48.9 Å². The van der Waals surface area contributed by atoms with Crippen molar-refractivity contribution in [2.45, 2.75) is 55.6 Å². The van der Waals surface area contributed by atoms with Crippen molar-refractivity contribution in [2.75, 3.05) is 0 Å². The second-order valence-corrected chi connectivity index (χ2v) is 10.7. The fourth-order valence-electron chi connectivity index (χ4n) is 4.23. The molecule has 3 atom stereocenters. The van der Waals surface area contributed by atoms with Crippen LogP contribution in [0.25, 0.3) is 11.1 Å². The van der Waals surface area contributed by atoms with E-state index >= 15 is 0 Å². The molecule has 3 heterocycles. The van der Waals surface area contributed by atoms with Gasteiger partial charge in [-0.3, -0.25) is 9.78 Å². The molecule has 0 radical (unpaired) electrons. The molecule has 0 aliphatic carbocycles. The molecule has 8 nitrogen and oxygen atoms in total. The molecule has 1 saturated heterocycles. The molecule has 1 fully saturated rings. The number of hydrogen-bond acceptors (Lipinski definition) is 6. The summed E-state index contributed by atoms with van der Waals surface area (Å²) >= 11 is 0. The minimum absolute atomic E-state index is 0.0107. The lowest BCUT2D eigenvalue weighted by molar-refractivity contribution is -0.145. The SMILES string of the molecule is CC1C(F)CC(C(=O)NCc2cc(-c3cnc(C(F)(F)F)nc3)c(C(F)F)cn2)N1S(=O)(=O)c1ccc(F)cc1. The third kappa shape index (κ3) is 5.91. The highest BCUT2D eigenvalue weighted by atomic mass is 32.2. The van der Waals surface area contributed by atoms with Crippen molar-refractivity contribution in [1.29, 1.82) is 0 Å². The normalized spacial score (nSPS) is 20.2. The van der Waals surface area contributed by atoms with Gasteiger partial charge in [0.15, 0.2) is 0 Å². The van der Waals surface area contributed by atoms with E-state index in [1.165, 1.54) is 6.92 Å². The van der Waals surface area contributed by atoms with E-state index in [1.807, 2.05) is 0 Å². The van der Waals surface area contributed by atoms with Crippen LogP contribution in [0.1, 0.15) is 36.9 Å². The minimum Gasteiger partial charge on any atom is -0.349 e. The largest absolute Gasteiger partial charge is 0.451 e. The molecule has 1 amide bonds. The summed E-state index contributed by atoms with van der Waals surface area (Å²) in [6, 6.07) is 2.17. The van der Waals surface area contributed by atoms with Gasteiger partial charge in [0.05, 0.1) is 23.2 Å². The highest BCUT2D eigenvalue weighted by Crippen LogP contribution is 2.34. The fourth-order valence-corrected chi connectivity index (χ4v) is 6.04. The van der Waals surface area contributed by atoms with E-state index in [4.69, 9.17) is 0 Å². The number of nitrogens with zero attached hydrogens (tertiary/aromatic N) is 4. The van der Waals surface area contributed by atoms with E-state index in [0.29, 0.717) is 4.31 Å². The monoisotopic (exact) mass is 591 g/mol. The van der Waals surface area contributed by atoms with Crippen LogP contribution in [0.5, 0.6) is 0 Å². The lowest BCUT2D eigenvalue weighted by Crippen LogP contribution is -2.48. The number of aromatic nitrogens is 3. The second kappa shape index (κ2) is 11.1. The first-order chi connectivity index (χ1) is 18.7. The third-order valence-corrected chi connectivity index (χ3v) is 8.27. The molecule has 0 bridgehead atoms. The van der Waals surface area contributed by atoms with E-state index in [9.17, 15) is 43.9 Å². The highest BCUT2D eigenvalue weighted by molar-refractivity contribution is 7.89. The van der Waals surface area contributed by atoms with Crippen LogP contribution in [0.15, 0.2) is 53.8 Å². The molecule has 214 valence electrons. The maximum absolute atomic E-state index is 14.6.